The molecule has 0 bridgehead atoms. The van der Waals surface area contributed by atoms with Gasteiger partial charge in [0.05, 0.1) is 23.2 Å². The first-order valence-corrected chi connectivity index (χ1v) is 8.92. The summed E-state index contributed by atoms with van der Waals surface area (Å²) in [6.07, 6.45) is -0.660. The normalized spacial score (nSPS) is 17.0. The third kappa shape index (κ3) is 5.75. The van der Waals surface area contributed by atoms with E-state index in [0.717, 1.165) is 44.2 Å². The van der Waals surface area contributed by atoms with Gasteiger partial charge in [0.1, 0.15) is 18.5 Å². The van der Waals surface area contributed by atoms with Crippen LogP contribution in [0.15, 0.2) is 34.9 Å². The average Bonchev–Trinajstić information content (AvgIpc) is 3.06. The van der Waals surface area contributed by atoms with Crippen molar-refractivity contribution < 1.29 is 19.3 Å². The minimum absolute atomic E-state index is 0.0277. The number of ether oxygens (including phenoxy) is 1. The summed E-state index contributed by atoms with van der Waals surface area (Å²) in [7, 11) is 0. The monoisotopic (exact) mass is 376 g/mol. The molecule has 9 heteroatoms. The van der Waals surface area contributed by atoms with Crippen LogP contribution in [0, 0.1) is 17.0 Å². The Labute approximate surface area is 157 Å². The zero-order valence-corrected chi connectivity index (χ0v) is 15.3. The van der Waals surface area contributed by atoms with E-state index in [-0.39, 0.29) is 12.3 Å². The third-order valence-electron chi connectivity index (χ3n) is 4.46. The maximum Gasteiger partial charge on any atom is 0.273 e. The maximum atomic E-state index is 10.8. The summed E-state index contributed by atoms with van der Waals surface area (Å²) >= 11 is 0. The molecule has 1 aromatic carbocycles. The number of β-amino-alcohol motifs (C(OH)–C–C–N with tert-alkyl or cyclic N) is 1. The molecule has 0 spiro atoms. The van der Waals surface area contributed by atoms with Gasteiger partial charge in [-0.1, -0.05) is 11.2 Å². The number of hydrogen-bond acceptors (Lipinski definition) is 8. The lowest BCUT2D eigenvalue weighted by atomic mass is 10.2. The highest BCUT2D eigenvalue weighted by Gasteiger charge is 2.20. The Kier molecular flexibility index (Phi) is 6.38. The van der Waals surface area contributed by atoms with Gasteiger partial charge in [-0.05, 0) is 13.0 Å². The molecule has 0 aliphatic carbocycles. The van der Waals surface area contributed by atoms with Crippen LogP contribution in [0.1, 0.15) is 11.5 Å². The lowest BCUT2D eigenvalue weighted by Crippen LogP contribution is -2.48. The number of benzene rings is 1. The molecule has 1 fully saturated rings. The van der Waals surface area contributed by atoms with Gasteiger partial charge in [-0.25, -0.2) is 0 Å². The minimum atomic E-state index is -0.660. The molecule has 0 saturated carbocycles. The number of aryl methyl sites for hydroxylation is 1. The van der Waals surface area contributed by atoms with Crippen molar-refractivity contribution in [3.8, 4) is 5.75 Å². The van der Waals surface area contributed by atoms with Crippen LogP contribution >= 0.6 is 0 Å². The number of piperazine rings is 1. The standard InChI is InChI=1S/C18H24N4O5/c1-14-9-18(27-19-14)12-21-7-5-20(6-8-21)11-16(23)13-26-17-4-2-3-15(10-17)22(24)25/h2-4,9-10,16,23H,5-8,11-13H2,1H3. The van der Waals surface area contributed by atoms with Crippen LogP contribution in [-0.4, -0.2) is 70.4 Å². The highest BCUT2D eigenvalue weighted by atomic mass is 16.6. The number of rotatable bonds is 8. The summed E-state index contributed by atoms with van der Waals surface area (Å²) in [5.74, 6) is 1.25. The molecule has 1 aromatic heterocycles. The minimum Gasteiger partial charge on any atom is -0.491 e. The number of nitro groups is 1. The Morgan fingerprint density at radius 2 is 2.04 bits per heavy atom. The fourth-order valence-electron chi connectivity index (χ4n) is 3.07. The van der Waals surface area contributed by atoms with Gasteiger partial charge in [0, 0.05) is 44.9 Å². The van der Waals surface area contributed by atoms with Crippen molar-refractivity contribution in [2.45, 2.75) is 19.6 Å². The molecule has 2 heterocycles. The number of aromatic nitrogens is 1. The second-order valence-corrected chi connectivity index (χ2v) is 6.73. The van der Waals surface area contributed by atoms with Gasteiger partial charge in [-0.3, -0.25) is 19.9 Å². The second-order valence-electron chi connectivity index (χ2n) is 6.73. The molecule has 2 aromatic rings. The van der Waals surface area contributed by atoms with Crippen molar-refractivity contribution in [2.75, 3.05) is 39.3 Å². The smallest absolute Gasteiger partial charge is 0.273 e. The van der Waals surface area contributed by atoms with Crippen LogP contribution in [-0.2, 0) is 6.54 Å². The second kappa shape index (κ2) is 8.94. The van der Waals surface area contributed by atoms with Crippen molar-refractivity contribution in [2.24, 2.45) is 0 Å². The van der Waals surface area contributed by atoms with Crippen LogP contribution in [0.25, 0.3) is 0 Å². The Morgan fingerprint density at radius 1 is 1.30 bits per heavy atom. The van der Waals surface area contributed by atoms with Crippen molar-refractivity contribution in [1.82, 2.24) is 15.0 Å². The van der Waals surface area contributed by atoms with Crippen molar-refractivity contribution in [3.63, 3.8) is 0 Å². The number of aliphatic hydroxyl groups excluding tert-OH is 1. The molecular formula is C18H24N4O5. The quantitative estimate of drug-likeness (QED) is 0.545. The van der Waals surface area contributed by atoms with Crippen LogP contribution in [0.5, 0.6) is 5.75 Å². The summed E-state index contributed by atoms with van der Waals surface area (Å²) in [5, 5.41) is 24.9. The van der Waals surface area contributed by atoms with Gasteiger partial charge in [-0.15, -0.1) is 0 Å². The third-order valence-corrected chi connectivity index (χ3v) is 4.46. The van der Waals surface area contributed by atoms with E-state index >= 15 is 0 Å². The Bertz CT molecular complexity index is 758. The van der Waals surface area contributed by atoms with Crippen LogP contribution in [0.4, 0.5) is 5.69 Å². The lowest BCUT2D eigenvalue weighted by molar-refractivity contribution is -0.384. The van der Waals surface area contributed by atoms with E-state index in [2.05, 4.69) is 15.0 Å². The first-order chi connectivity index (χ1) is 13.0. The van der Waals surface area contributed by atoms with Gasteiger partial charge < -0.3 is 14.4 Å². The zero-order valence-electron chi connectivity index (χ0n) is 15.3. The molecule has 1 atom stereocenters. The number of non-ortho nitro benzene ring substituents is 1. The number of hydrogen-bond donors (Lipinski definition) is 1. The summed E-state index contributed by atoms with van der Waals surface area (Å²) in [4.78, 5) is 14.8. The van der Waals surface area contributed by atoms with Crippen LogP contribution < -0.4 is 4.74 Å². The molecule has 146 valence electrons. The highest BCUT2D eigenvalue weighted by Crippen LogP contribution is 2.19. The fraction of sp³-hybridized carbons (Fsp3) is 0.500. The Morgan fingerprint density at radius 3 is 2.70 bits per heavy atom. The fourth-order valence-corrected chi connectivity index (χ4v) is 3.07. The first kappa shape index (κ1) is 19.3. The SMILES string of the molecule is Cc1cc(CN2CCN(CC(O)COc3cccc([N+](=O)[O-])c3)CC2)on1. The molecule has 0 amide bonds. The van der Waals surface area contributed by atoms with E-state index in [1.807, 2.05) is 13.0 Å². The molecule has 1 unspecified atom stereocenters. The van der Waals surface area contributed by atoms with E-state index < -0.39 is 11.0 Å². The van der Waals surface area contributed by atoms with E-state index in [9.17, 15) is 15.2 Å². The van der Waals surface area contributed by atoms with Crippen molar-refractivity contribution in [3.05, 3.63) is 51.9 Å². The summed E-state index contributed by atoms with van der Waals surface area (Å²) in [6, 6.07) is 7.92. The van der Waals surface area contributed by atoms with Gasteiger partial charge >= 0.3 is 0 Å². The summed E-state index contributed by atoms with van der Waals surface area (Å²) in [5.41, 5.74) is 0.857. The molecular weight excluding hydrogens is 352 g/mol. The largest absolute Gasteiger partial charge is 0.491 e. The molecule has 9 nitrogen and oxygen atoms in total. The van der Waals surface area contributed by atoms with E-state index in [1.165, 1.54) is 12.1 Å². The van der Waals surface area contributed by atoms with Crippen LogP contribution in [0.3, 0.4) is 0 Å². The first-order valence-electron chi connectivity index (χ1n) is 8.92. The molecule has 1 saturated heterocycles. The number of aliphatic hydroxyl groups is 1. The predicted octanol–water partition coefficient (Wildman–Crippen LogP) is 1.45. The topological polar surface area (TPSA) is 105 Å². The molecule has 1 N–H and O–H groups in total. The Balaban J connectivity index is 1.38. The van der Waals surface area contributed by atoms with Crippen molar-refractivity contribution >= 4 is 5.69 Å². The Hall–Kier alpha value is -2.49. The number of nitrogens with zero attached hydrogens (tertiary/aromatic N) is 4. The lowest BCUT2D eigenvalue weighted by Gasteiger charge is -2.35. The highest BCUT2D eigenvalue weighted by molar-refractivity contribution is 5.37. The molecule has 0 radical (unpaired) electrons. The van der Waals surface area contributed by atoms with Crippen LogP contribution in [0.2, 0.25) is 0 Å². The van der Waals surface area contributed by atoms with Gasteiger partial charge in [0.2, 0.25) is 0 Å². The molecule has 1 aliphatic heterocycles. The predicted molar refractivity (Wildman–Crippen MR) is 97.6 cm³/mol. The van der Waals surface area contributed by atoms with Gasteiger partial charge in [-0.2, -0.15) is 0 Å². The summed E-state index contributed by atoms with van der Waals surface area (Å²) < 4.78 is 10.7. The maximum absolute atomic E-state index is 10.8. The van der Waals surface area contributed by atoms with Gasteiger partial charge in [0.25, 0.3) is 5.69 Å². The van der Waals surface area contributed by atoms with E-state index in [4.69, 9.17) is 9.26 Å². The average molecular weight is 376 g/mol. The zero-order chi connectivity index (χ0) is 19.2. The van der Waals surface area contributed by atoms with Gasteiger partial charge in [0.15, 0.2) is 5.76 Å². The molecule has 27 heavy (non-hydrogen) atoms. The van der Waals surface area contributed by atoms with E-state index in [0.29, 0.717) is 12.3 Å². The van der Waals surface area contributed by atoms with Crippen molar-refractivity contribution in [1.29, 1.82) is 0 Å². The number of nitro benzene ring substituents is 1. The molecule has 3 rings (SSSR count). The van der Waals surface area contributed by atoms with E-state index in [1.54, 1.807) is 12.1 Å². The summed E-state index contributed by atoms with van der Waals surface area (Å²) in [6.45, 7) is 6.72. The molecule has 1 aliphatic rings.